The minimum atomic E-state index is 0.0425. The molecule has 0 aliphatic carbocycles. The molecule has 108 valence electrons. The summed E-state index contributed by atoms with van der Waals surface area (Å²) in [6, 6.07) is 0. The van der Waals surface area contributed by atoms with Crippen LogP contribution in [0, 0.1) is 3.57 Å². The topological polar surface area (TPSA) is 37.8 Å². The summed E-state index contributed by atoms with van der Waals surface area (Å²) >= 11 is 4.26. The molecule has 1 atom stereocenters. The maximum Gasteiger partial charge on any atom is 0.143 e. The molecular formula is C14H24IN3S. The van der Waals surface area contributed by atoms with Crippen molar-refractivity contribution >= 4 is 40.2 Å². The van der Waals surface area contributed by atoms with Crippen LogP contribution in [0.25, 0.3) is 0 Å². The van der Waals surface area contributed by atoms with E-state index in [0.29, 0.717) is 5.25 Å². The second-order valence-corrected chi connectivity index (χ2v) is 8.19. The third-order valence-electron chi connectivity index (χ3n) is 2.92. The van der Waals surface area contributed by atoms with Gasteiger partial charge in [-0.2, -0.15) is 11.8 Å². The smallest absolute Gasteiger partial charge is 0.143 e. The van der Waals surface area contributed by atoms with Crippen molar-refractivity contribution in [3.8, 4) is 0 Å². The van der Waals surface area contributed by atoms with E-state index in [4.69, 9.17) is 4.98 Å². The molecule has 0 aromatic carbocycles. The van der Waals surface area contributed by atoms with Gasteiger partial charge in [0.1, 0.15) is 11.6 Å². The number of hydrogen-bond acceptors (Lipinski definition) is 4. The van der Waals surface area contributed by atoms with E-state index < -0.39 is 0 Å². The van der Waals surface area contributed by atoms with E-state index in [1.807, 2.05) is 18.8 Å². The lowest BCUT2D eigenvalue weighted by Crippen LogP contribution is -2.19. The largest absolute Gasteiger partial charge is 0.372 e. The summed E-state index contributed by atoms with van der Waals surface area (Å²) < 4.78 is 1.13. The highest BCUT2D eigenvalue weighted by Gasteiger charge is 2.22. The Bertz CT molecular complexity index is 429. The fourth-order valence-electron chi connectivity index (χ4n) is 1.56. The Morgan fingerprint density at radius 1 is 1.32 bits per heavy atom. The molecule has 0 radical (unpaired) electrons. The fraction of sp³-hybridized carbons (Fsp3) is 0.714. The van der Waals surface area contributed by atoms with E-state index >= 15 is 0 Å². The van der Waals surface area contributed by atoms with Crippen molar-refractivity contribution in [2.75, 3.05) is 12.4 Å². The van der Waals surface area contributed by atoms with Crippen LogP contribution in [0.4, 0.5) is 5.82 Å². The molecule has 1 aromatic rings. The molecule has 1 unspecified atom stereocenters. The summed E-state index contributed by atoms with van der Waals surface area (Å²) in [7, 11) is 1.92. The quantitative estimate of drug-likeness (QED) is 0.750. The van der Waals surface area contributed by atoms with Crippen molar-refractivity contribution < 1.29 is 0 Å². The second-order valence-electron chi connectivity index (χ2n) is 5.68. The Balaban J connectivity index is 3.06. The zero-order valence-corrected chi connectivity index (χ0v) is 15.6. The number of nitrogens with zero attached hydrogens (tertiary/aromatic N) is 2. The standard InChI is InChI=1S/C14H24IN3S/c1-7-9(2)19-8-10-17-12(14(3,4)5)11(15)13(16-6)18-10/h9H,7-8H2,1-6H3,(H,16,17,18). The van der Waals surface area contributed by atoms with Crippen LogP contribution in [0.2, 0.25) is 0 Å². The summed E-state index contributed by atoms with van der Waals surface area (Å²) in [6.07, 6.45) is 1.18. The first kappa shape index (κ1) is 17.0. The zero-order valence-electron chi connectivity index (χ0n) is 12.7. The summed E-state index contributed by atoms with van der Waals surface area (Å²) in [4.78, 5) is 9.40. The number of hydrogen-bond donors (Lipinski definition) is 1. The van der Waals surface area contributed by atoms with Crippen LogP contribution in [0.1, 0.15) is 52.6 Å². The van der Waals surface area contributed by atoms with Crippen molar-refractivity contribution in [1.82, 2.24) is 9.97 Å². The summed E-state index contributed by atoms with van der Waals surface area (Å²) in [6.45, 7) is 11.1. The average Bonchev–Trinajstić information content (AvgIpc) is 2.35. The van der Waals surface area contributed by atoms with Crippen molar-refractivity contribution in [2.45, 2.75) is 57.5 Å². The Morgan fingerprint density at radius 2 is 1.95 bits per heavy atom. The molecule has 0 aliphatic rings. The van der Waals surface area contributed by atoms with Gasteiger partial charge in [-0.05, 0) is 29.0 Å². The Labute approximate surface area is 134 Å². The Morgan fingerprint density at radius 3 is 2.42 bits per heavy atom. The number of anilines is 1. The Kier molecular flexibility index (Phi) is 6.36. The Hall–Kier alpha value is -0.0400. The third kappa shape index (κ3) is 4.77. The van der Waals surface area contributed by atoms with E-state index in [1.165, 1.54) is 6.42 Å². The molecule has 3 nitrogen and oxygen atoms in total. The number of thioether (sulfide) groups is 1. The molecule has 1 aromatic heterocycles. The van der Waals surface area contributed by atoms with Crippen LogP contribution in [0.3, 0.4) is 0 Å². The summed E-state index contributed by atoms with van der Waals surface area (Å²) in [5.41, 5.74) is 1.17. The second kappa shape index (κ2) is 7.11. The highest BCUT2D eigenvalue weighted by atomic mass is 127. The van der Waals surface area contributed by atoms with Crippen molar-refractivity contribution in [3.63, 3.8) is 0 Å². The van der Waals surface area contributed by atoms with Gasteiger partial charge < -0.3 is 5.32 Å². The van der Waals surface area contributed by atoms with Crippen LogP contribution >= 0.6 is 34.4 Å². The van der Waals surface area contributed by atoms with Gasteiger partial charge in [-0.15, -0.1) is 0 Å². The van der Waals surface area contributed by atoms with Gasteiger partial charge in [-0.3, -0.25) is 0 Å². The van der Waals surface area contributed by atoms with E-state index in [2.05, 4.69) is 67.5 Å². The van der Waals surface area contributed by atoms with Gasteiger partial charge in [0.2, 0.25) is 0 Å². The number of nitrogens with one attached hydrogen (secondary N) is 1. The molecule has 0 fully saturated rings. The fourth-order valence-corrected chi connectivity index (χ4v) is 3.67. The SMILES string of the molecule is CCC(C)SCc1nc(NC)c(I)c(C(C)(C)C)n1. The van der Waals surface area contributed by atoms with Crippen LogP contribution in [-0.4, -0.2) is 22.3 Å². The molecule has 0 saturated heterocycles. The predicted octanol–water partition coefficient (Wildman–Crippen LogP) is 4.45. The number of halogens is 1. The molecule has 0 spiro atoms. The van der Waals surface area contributed by atoms with Gasteiger partial charge in [-0.25, -0.2) is 9.97 Å². The van der Waals surface area contributed by atoms with Gasteiger partial charge in [0, 0.05) is 17.7 Å². The number of aromatic nitrogens is 2. The van der Waals surface area contributed by atoms with E-state index in [1.54, 1.807) is 0 Å². The maximum atomic E-state index is 4.78. The lowest BCUT2D eigenvalue weighted by atomic mass is 9.92. The maximum absolute atomic E-state index is 4.78. The average molecular weight is 393 g/mol. The molecule has 0 amide bonds. The van der Waals surface area contributed by atoms with Gasteiger partial charge in [0.25, 0.3) is 0 Å². The molecule has 1 N–H and O–H groups in total. The molecule has 0 bridgehead atoms. The third-order valence-corrected chi connectivity index (χ3v) is 5.27. The lowest BCUT2D eigenvalue weighted by molar-refractivity contribution is 0.560. The van der Waals surface area contributed by atoms with E-state index in [9.17, 15) is 0 Å². The zero-order chi connectivity index (χ0) is 14.6. The minimum absolute atomic E-state index is 0.0425. The molecule has 1 heterocycles. The first-order valence-corrected chi connectivity index (χ1v) is 8.78. The highest BCUT2D eigenvalue weighted by molar-refractivity contribution is 14.1. The van der Waals surface area contributed by atoms with Crippen LogP contribution < -0.4 is 5.32 Å². The van der Waals surface area contributed by atoms with Crippen molar-refractivity contribution in [1.29, 1.82) is 0 Å². The van der Waals surface area contributed by atoms with Crippen LogP contribution in [-0.2, 0) is 11.2 Å². The van der Waals surface area contributed by atoms with Gasteiger partial charge >= 0.3 is 0 Å². The molecule has 5 heteroatoms. The first-order chi connectivity index (χ1) is 8.79. The van der Waals surface area contributed by atoms with Crippen LogP contribution in [0.5, 0.6) is 0 Å². The summed E-state index contributed by atoms with van der Waals surface area (Å²) in [5.74, 6) is 2.75. The summed E-state index contributed by atoms with van der Waals surface area (Å²) in [5, 5.41) is 3.83. The van der Waals surface area contributed by atoms with Crippen LogP contribution in [0.15, 0.2) is 0 Å². The molecule has 1 rings (SSSR count). The highest BCUT2D eigenvalue weighted by Crippen LogP contribution is 2.30. The minimum Gasteiger partial charge on any atom is -0.372 e. The monoisotopic (exact) mass is 393 g/mol. The predicted molar refractivity (Wildman–Crippen MR) is 94.0 cm³/mol. The van der Waals surface area contributed by atoms with Gasteiger partial charge in [-0.1, -0.05) is 34.6 Å². The van der Waals surface area contributed by atoms with E-state index in [0.717, 1.165) is 26.7 Å². The first-order valence-electron chi connectivity index (χ1n) is 6.65. The number of rotatable bonds is 5. The van der Waals surface area contributed by atoms with Gasteiger partial charge in [0.15, 0.2) is 0 Å². The molecule has 0 saturated carbocycles. The lowest BCUT2D eigenvalue weighted by Gasteiger charge is -2.22. The van der Waals surface area contributed by atoms with Crippen molar-refractivity contribution in [3.05, 3.63) is 15.1 Å². The van der Waals surface area contributed by atoms with Gasteiger partial charge in [0.05, 0.1) is 15.0 Å². The van der Waals surface area contributed by atoms with E-state index in [-0.39, 0.29) is 5.41 Å². The normalized spacial score (nSPS) is 13.4. The molecular weight excluding hydrogens is 369 g/mol. The molecule has 19 heavy (non-hydrogen) atoms. The van der Waals surface area contributed by atoms with Crippen molar-refractivity contribution in [2.24, 2.45) is 0 Å². The molecule has 0 aliphatic heterocycles.